The van der Waals surface area contributed by atoms with Crippen molar-refractivity contribution in [3.05, 3.63) is 29.8 Å². The van der Waals surface area contributed by atoms with Crippen LogP contribution in [0.5, 0.6) is 0 Å². The molecule has 1 saturated heterocycles. The van der Waals surface area contributed by atoms with Gasteiger partial charge < -0.3 is 10.6 Å². The van der Waals surface area contributed by atoms with Crippen molar-refractivity contribution in [2.24, 2.45) is 11.8 Å². The van der Waals surface area contributed by atoms with Gasteiger partial charge in [-0.1, -0.05) is 30.0 Å². The first-order valence-electron chi connectivity index (χ1n) is 6.78. The van der Waals surface area contributed by atoms with Gasteiger partial charge in [-0.3, -0.25) is 4.79 Å². The third-order valence-electron chi connectivity index (χ3n) is 3.60. The number of benzene rings is 1. The van der Waals surface area contributed by atoms with E-state index in [9.17, 15) is 4.79 Å². The molecular formula is C14H16N4OS2. The van der Waals surface area contributed by atoms with E-state index in [1.54, 1.807) is 17.3 Å². The predicted octanol–water partition coefficient (Wildman–Crippen LogP) is 2.48. The number of hydrogen-bond donors (Lipinski definition) is 2. The van der Waals surface area contributed by atoms with Crippen molar-refractivity contribution in [3.8, 4) is 0 Å². The highest BCUT2D eigenvalue weighted by molar-refractivity contribution is 8.01. The van der Waals surface area contributed by atoms with E-state index in [2.05, 4.69) is 20.8 Å². The van der Waals surface area contributed by atoms with Gasteiger partial charge in [-0.25, -0.2) is 0 Å². The van der Waals surface area contributed by atoms with Crippen LogP contribution >= 0.6 is 23.1 Å². The molecule has 2 N–H and O–H groups in total. The highest BCUT2D eigenvalue weighted by Gasteiger charge is 2.28. The van der Waals surface area contributed by atoms with Crippen LogP contribution in [0.25, 0.3) is 0 Å². The van der Waals surface area contributed by atoms with Gasteiger partial charge in [0.25, 0.3) is 0 Å². The predicted molar refractivity (Wildman–Crippen MR) is 84.6 cm³/mol. The van der Waals surface area contributed by atoms with Crippen LogP contribution in [-0.2, 0) is 4.79 Å². The summed E-state index contributed by atoms with van der Waals surface area (Å²) >= 11 is 3.08. The van der Waals surface area contributed by atoms with Crippen molar-refractivity contribution in [2.75, 3.05) is 18.4 Å². The van der Waals surface area contributed by atoms with Crippen molar-refractivity contribution in [1.29, 1.82) is 0 Å². The van der Waals surface area contributed by atoms with Crippen LogP contribution in [-0.4, -0.2) is 29.2 Å². The van der Waals surface area contributed by atoms with Crippen LogP contribution in [0.2, 0.25) is 0 Å². The number of rotatable bonds is 5. The van der Waals surface area contributed by atoms with Gasteiger partial charge in [-0.05, 0) is 43.3 Å². The summed E-state index contributed by atoms with van der Waals surface area (Å²) in [6.45, 7) is 3.86. The van der Waals surface area contributed by atoms with Crippen molar-refractivity contribution >= 4 is 34.7 Å². The number of amides is 1. The Labute approximate surface area is 131 Å². The second-order valence-electron chi connectivity index (χ2n) is 5.03. The molecule has 2 aromatic rings. The smallest absolute Gasteiger partial charge is 0.227 e. The first kappa shape index (κ1) is 14.5. The summed E-state index contributed by atoms with van der Waals surface area (Å²) in [5, 5.41) is 14.0. The number of hydrogen-bond acceptors (Lipinski definition) is 6. The van der Waals surface area contributed by atoms with Crippen LogP contribution in [0.3, 0.4) is 0 Å². The Morgan fingerprint density at radius 1 is 1.43 bits per heavy atom. The fourth-order valence-electron chi connectivity index (χ4n) is 2.05. The van der Waals surface area contributed by atoms with Crippen molar-refractivity contribution < 1.29 is 4.79 Å². The molecule has 0 spiro atoms. The minimum absolute atomic E-state index is 0.0432. The fraction of sp³-hybridized carbons (Fsp3) is 0.357. The quantitative estimate of drug-likeness (QED) is 0.886. The summed E-state index contributed by atoms with van der Waals surface area (Å²) in [7, 11) is 0. The van der Waals surface area contributed by atoms with Crippen molar-refractivity contribution in [3.63, 3.8) is 0 Å². The minimum Gasteiger partial charge on any atom is -0.326 e. The molecule has 7 heteroatoms. The lowest BCUT2D eigenvalue weighted by atomic mass is 9.88. The van der Waals surface area contributed by atoms with E-state index < -0.39 is 0 Å². The van der Waals surface area contributed by atoms with Crippen LogP contribution in [0.15, 0.2) is 39.0 Å². The summed E-state index contributed by atoms with van der Waals surface area (Å²) in [4.78, 5) is 13.2. The van der Waals surface area contributed by atoms with E-state index in [0.29, 0.717) is 5.92 Å². The Morgan fingerprint density at radius 2 is 2.19 bits per heavy atom. The van der Waals surface area contributed by atoms with E-state index in [1.165, 1.54) is 11.3 Å². The van der Waals surface area contributed by atoms with Gasteiger partial charge in [-0.2, -0.15) is 0 Å². The van der Waals surface area contributed by atoms with Crippen LogP contribution in [0.4, 0.5) is 5.69 Å². The topological polar surface area (TPSA) is 66.9 Å². The zero-order valence-electron chi connectivity index (χ0n) is 11.6. The molecule has 1 aromatic heterocycles. The van der Waals surface area contributed by atoms with Gasteiger partial charge in [0.2, 0.25) is 5.91 Å². The lowest BCUT2D eigenvalue weighted by molar-refractivity contribution is -0.121. The molecule has 110 valence electrons. The Kier molecular flexibility index (Phi) is 4.52. The standard InChI is InChI=1S/C14H16N4OS2/c1-9(10-6-15-7-10)13(19)17-11-2-4-12(5-3-11)21-14-18-16-8-20-14/h2-5,8-10,15H,6-7H2,1H3,(H,17,19). The molecule has 1 unspecified atom stereocenters. The average molecular weight is 320 g/mol. The second-order valence-corrected chi connectivity index (χ2v) is 7.18. The monoisotopic (exact) mass is 320 g/mol. The number of carbonyl (C=O) groups excluding carboxylic acids is 1. The van der Waals surface area contributed by atoms with E-state index in [-0.39, 0.29) is 11.8 Å². The Morgan fingerprint density at radius 3 is 2.76 bits per heavy atom. The summed E-state index contributed by atoms with van der Waals surface area (Å²) in [5.41, 5.74) is 2.55. The number of aromatic nitrogens is 2. The molecule has 1 aliphatic heterocycles. The van der Waals surface area contributed by atoms with Crippen LogP contribution in [0, 0.1) is 11.8 Å². The molecule has 1 aromatic carbocycles. The molecule has 3 rings (SSSR count). The molecule has 1 amide bonds. The molecule has 5 nitrogen and oxygen atoms in total. The number of carbonyl (C=O) groups is 1. The highest BCUT2D eigenvalue weighted by Crippen LogP contribution is 2.29. The molecule has 1 aliphatic rings. The molecular weight excluding hydrogens is 304 g/mol. The Balaban J connectivity index is 1.57. The molecule has 0 radical (unpaired) electrons. The SMILES string of the molecule is CC(C(=O)Nc1ccc(Sc2nncs2)cc1)C1CNC1. The summed E-state index contributed by atoms with van der Waals surface area (Å²) in [5.74, 6) is 0.588. The summed E-state index contributed by atoms with van der Waals surface area (Å²) in [6.07, 6.45) is 0. The molecule has 0 aliphatic carbocycles. The lowest BCUT2D eigenvalue weighted by Gasteiger charge is -2.31. The fourth-order valence-corrected chi connectivity index (χ4v) is 3.50. The summed E-state index contributed by atoms with van der Waals surface area (Å²) < 4.78 is 0.915. The maximum Gasteiger partial charge on any atom is 0.227 e. The minimum atomic E-state index is 0.0432. The maximum atomic E-state index is 12.1. The number of anilines is 1. The van der Waals surface area contributed by atoms with Crippen LogP contribution < -0.4 is 10.6 Å². The largest absolute Gasteiger partial charge is 0.326 e. The lowest BCUT2D eigenvalue weighted by Crippen LogP contribution is -2.48. The number of nitrogens with zero attached hydrogens (tertiary/aromatic N) is 2. The molecule has 0 bridgehead atoms. The van der Waals surface area contributed by atoms with E-state index >= 15 is 0 Å². The van der Waals surface area contributed by atoms with Gasteiger partial charge in [0, 0.05) is 16.5 Å². The molecule has 0 saturated carbocycles. The second kappa shape index (κ2) is 6.55. The van der Waals surface area contributed by atoms with Crippen molar-refractivity contribution in [1.82, 2.24) is 15.5 Å². The average Bonchev–Trinajstić information content (AvgIpc) is 2.92. The molecule has 21 heavy (non-hydrogen) atoms. The highest BCUT2D eigenvalue weighted by atomic mass is 32.2. The Hall–Kier alpha value is -1.44. The van der Waals surface area contributed by atoms with Gasteiger partial charge in [0.05, 0.1) is 0 Å². The maximum absolute atomic E-state index is 12.1. The van der Waals surface area contributed by atoms with Crippen LogP contribution in [0.1, 0.15) is 6.92 Å². The molecule has 2 heterocycles. The molecule has 1 atom stereocenters. The molecule has 1 fully saturated rings. The first-order valence-corrected chi connectivity index (χ1v) is 8.47. The third kappa shape index (κ3) is 3.61. The first-order chi connectivity index (χ1) is 10.2. The van der Waals surface area contributed by atoms with Gasteiger partial charge in [0.15, 0.2) is 4.34 Å². The van der Waals surface area contributed by atoms with E-state index in [4.69, 9.17) is 0 Å². The van der Waals surface area contributed by atoms with Crippen molar-refractivity contribution in [2.45, 2.75) is 16.2 Å². The Bertz CT molecular complexity index is 596. The number of nitrogens with one attached hydrogen (secondary N) is 2. The third-order valence-corrected chi connectivity index (χ3v) is 5.39. The normalized spacial score (nSPS) is 16.2. The van der Waals surface area contributed by atoms with E-state index in [1.807, 2.05) is 31.2 Å². The van der Waals surface area contributed by atoms with Gasteiger partial charge in [0.1, 0.15) is 5.51 Å². The van der Waals surface area contributed by atoms with E-state index in [0.717, 1.165) is 28.0 Å². The van der Waals surface area contributed by atoms with Gasteiger partial charge in [-0.15, -0.1) is 10.2 Å². The summed E-state index contributed by atoms with van der Waals surface area (Å²) in [6, 6.07) is 7.81. The van der Waals surface area contributed by atoms with Gasteiger partial charge >= 0.3 is 0 Å². The zero-order valence-corrected chi connectivity index (χ0v) is 13.2. The zero-order chi connectivity index (χ0) is 14.7.